The lowest BCUT2D eigenvalue weighted by molar-refractivity contribution is -0.115. The minimum atomic E-state index is -3.71. The van der Waals surface area contributed by atoms with Crippen LogP contribution in [0, 0.1) is 6.92 Å². The summed E-state index contributed by atoms with van der Waals surface area (Å²) in [5.74, 6) is 0.261. The van der Waals surface area contributed by atoms with E-state index >= 15 is 0 Å². The first-order chi connectivity index (χ1) is 9.85. The van der Waals surface area contributed by atoms with Crippen LogP contribution >= 0.6 is 0 Å². The molecule has 0 radical (unpaired) electrons. The van der Waals surface area contributed by atoms with E-state index < -0.39 is 10.0 Å². The predicted molar refractivity (Wildman–Crippen MR) is 77.5 cm³/mol. The molecule has 1 aromatic heterocycles. The molecule has 2 N–H and O–H groups in total. The Hall–Kier alpha value is -2.35. The topological polar surface area (TPSA) is 93.1 Å². The maximum absolute atomic E-state index is 12.4. The number of anilines is 2. The van der Waals surface area contributed by atoms with Crippen LogP contribution < -0.4 is 10.0 Å². The highest BCUT2D eigenvalue weighted by Crippen LogP contribution is 2.26. The van der Waals surface area contributed by atoms with Crippen molar-refractivity contribution in [3.8, 4) is 0 Å². The van der Waals surface area contributed by atoms with E-state index in [1.807, 2.05) is 0 Å². The van der Waals surface area contributed by atoms with E-state index in [9.17, 15) is 13.2 Å². The van der Waals surface area contributed by atoms with E-state index in [1.165, 1.54) is 16.8 Å². The highest BCUT2D eigenvalue weighted by atomic mass is 32.2. The number of hydrogen-bond donors (Lipinski definition) is 2. The van der Waals surface area contributed by atoms with Crippen molar-refractivity contribution in [3.63, 3.8) is 0 Å². The van der Waals surface area contributed by atoms with Crippen molar-refractivity contribution in [2.24, 2.45) is 7.05 Å². The average Bonchev–Trinajstić information content (AvgIpc) is 2.89. The molecule has 0 atom stereocenters. The number of amides is 1. The van der Waals surface area contributed by atoms with Crippen LogP contribution in [0.15, 0.2) is 29.2 Å². The number of nitrogens with zero attached hydrogens (tertiary/aromatic N) is 2. The molecule has 8 heteroatoms. The lowest BCUT2D eigenvalue weighted by Crippen LogP contribution is -2.15. The molecule has 0 saturated carbocycles. The van der Waals surface area contributed by atoms with Crippen LogP contribution in [0.5, 0.6) is 0 Å². The zero-order valence-corrected chi connectivity index (χ0v) is 12.4. The largest absolute Gasteiger partial charge is 0.326 e. The van der Waals surface area contributed by atoms with Crippen molar-refractivity contribution < 1.29 is 13.2 Å². The number of rotatable bonds is 3. The van der Waals surface area contributed by atoms with Crippen LogP contribution in [0.25, 0.3) is 0 Å². The number of aryl methyl sites for hydroxylation is 2. The number of aromatic nitrogens is 2. The summed E-state index contributed by atoms with van der Waals surface area (Å²) in [7, 11) is -2.05. The van der Waals surface area contributed by atoms with E-state index in [1.54, 1.807) is 26.1 Å². The summed E-state index contributed by atoms with van der Waals surface area (Å²) in [4.78, 5) is 11.4. The molecule has 0 fully saturated rings. The number of sulfonamides is 1. The van der Waals surface area contributed by atoms with Gasteiger partial charge in [-0.1, -0.05) is 0 Å². The Morgan fingerprint density at radius 1 is 1.33 bits per heavy atom. The van der Waals surface area contributed by atoms with Crippen LogP contribution in [0.1, 0.15) is 11.3 Å². The smallest absolute Gasteiger partial charge is 0.263 e. The summed E-state index contributed by atoms with van der Waals surface area (Å²) >= 11 is 0. The number of carbonyl (C=O) groups excluding carboxylic acids is 1. The molecular formula is C13H14N4O3S. The van der Waals surface area contributed by atoms with Gasteiger partial charge in [0.1, 0.15) is 5.82 Å². The standard InChI is InChI=1S/C13H14N4O3S/c1-8-5-12(17(2)15-8)16-21(19,20)10-3-4-11-9(6-10)7-13(18)14-11/h3-6,16H,7H2,1-2H3,(H,14,18). The molecule has 7 nitrogen and oxygen atoms in total. The van der Waals surface area contributed by atoms with E-state index in [0.29, 0.717) is 17.1 Å². The van der Waals surface area contributed by atoms with E-state index in [-0.39, 0.29) is 17.2 Å². The van der Waals surface area contributed by atoms with Crippen LogP contribution in [0.3, 0.4) is 0 Å². The second kappa shape index (κ2) is 4.59. The molecule has 1 amide bonds. The number of carbonyl (C=O) groups is 1. The first kappa shape index (κ1) is 13.6. The summed E-state index contributed by atoms with van der Waals surface area (Å²) in [6.07, 6.45) is 0.198. The fourth-order valence-electron chi connectivity index (χ4n) is 2.28. The van der Waals surface area contributed by atoms with Gasteiger partial charge in [-0.25, -0.2) is 8.42 Å². The fourth-order valence-corrected chi connectivity index (χ4v) is 3.40. The van der Waals surface area contributed by atoms with E-state index in [4.69, 9.17) is 0 Å². The molecule has 0 aliphatic carbocycles. The fraction of sp³-hybridized carbons (Fsp3) is 0.231. The van der Waals surface area contributed by atoms with Crippen LogP contribution in [-0.2, 0) is 28.3 Å². The number of fused-ring (bicyclic) bond motifs is 1. The van der Waals surface area contributed by atoms with Crippen LogP contribution in [-0.4, -0.2) is 24.1 Å². The molecule has 1 aliphatic rings. The lowest BCUT2D eigenvalue weighted by Gasteiger charge is -2.09. The quantitative estimate of drug-likeness (QED) is 0.885. The molecule has 21 heavy (non-hydrogen) atoms. The minimum absolute atomic E-state index is 0.122. The maximum atomic E-state index is 12.4. The van der Waals surface area contributed by atoms with Gasteiger partial charge in [-0.15, -0.1) is 0 Å². The van der Waals surface area contributed by atoms with Gasteiger partial charge in [0, 0.05) is 18.8 Å². The minimum Gasteiger partial charge on any atom is -0.326 e. The van der Waals surface area contributed by atoms with Crippen molar-refractivity contribution in [3.05, 3.63) is 35.5 Å². The monoisotopic (exact) mass is 306 g/mol. The van der Waals surface area contributed by atoms with Gasteiger partial charge in [0.2, 0.25) is 5.91 Å². The second-order valence-corrected chi connectivity index (χ2v) is 6.63. The number of benzene rings is 1. The van der Waals surface area contributed by atoms with E-state index in [2.05, 4.69) is 15.1 Å². The van der Waals surface area contributed by atoms with Crippen molar-refractivity contribution in [2.75, 3.05) is 10.0 Å². The summed E-state index contributed by atoms with van der Waals surface area (Å²) in [5, 5.41) is 6.76. The Kier molecular flexibility index (Phi) is 2.98. The molecule has 110 valence electrons. The Balaban J connectivity index is 1.94. The predicted octanol–water partition coefficient (Wildman–Crippen LogP) is 1.02. The molecule has 1 aliphatic heterocycles. The lowest BCUT2D eigenvalue weighted by atomic mass is 10.2. The Bertz CT molecular complexity index is 839. The van der Waals surface area contributed by atoms with Crippen LogP contribution in [0.2, 0.25) is 0 Å². The third kappa shape index (κ3) is 2.49. The first-order valence-electron chi connectivity index (χ1n) is 6.31. The molecule has 3 rings (SSSR count). The van der Waals surface area contributed by atoms with Crippen molar-refractivity contribution in [1.82, 2.24) is 9.78 Å². The van der Waals surface area contributed by atoms with E-state index in [0.717, 1.165) is 5.69 Å². The van der Waals surface area contributed by atoms with Gasteiger partial charge in [0.15, 0.2) is 0 Å². The third-order valence-electron chi connectivity index (χ3n) is 3.25. The molecular weight excluding hydrogens is 292 g/mol. The normalized spacial score (nSPS) is 13.9. The zero-order chi connectivity index (χ0) is 15.2. The molecule has 2 heterocycles. The highest BCUT2D eigenvalue weighted by Gasteiger charge is 2.22. The Labute approximate surface area is 122 Å². The van der Waals surface area contributed by atoms with Gasteiger partial charge >= 0.3 is 0 Å². The maximum Gasteiger partial charge on any atom is 0.263 e. The summed E-state index contributed by atoms with van der Waals surface area (Å²) in [6.45, 7) is 1.78. The van der Waals surface area contributed by atoms with Crippen molar-refractivity contribution >= 4 is 27.4 Å². The van der Waals surface area contributed by atoms with Crippen LogP contribution in [0.4, 0.5) is 11.5 Å². The Morgan fingerprint density at radius 3 is 2.76 bits per heavy atom. The number of hydrogen-bond acceptors (Lipinski definition) is 4. The first-order valence-corrected chi connectivity index (χ1v) is 7.80. The average molecular weight is 306 g/mol. The molecule has 0 bridgehead atoms. The van der Waals surface area contributed by atoms with Gasteiger partial charge in [-0.05, 0) is 30.7 Å². The molecule has 0 unspecified atom stereocenters. The SMILES string of the molecule is Cc1cc(NS(=O)(=O)c2ccc3c(c2)CC(=O)N3)n(C)n1. The van der Waals surface area contributed by atoms with Gasteiger partial charge in [0.05, 0.1) is 17.0 Å². The molecule has 0 saturated heterocycles. The highest BCUT2D eigenvalue weighted by molar-refractivity contribution is 7.92. The number of nitrogens with one attached hydrogen (secondary N) is 2. The van der Waals surface area contributed by atoms with Gasteiger partial charge in [-0.2, -0.15) is 5.10 Å². The summed E-state index contributed by atoms with van der Waals surface area (Å²) in [6, 6.07) is 6.23. The van der Waals surface area contributed by atoms with Crippen molar-refractivity contribution in [1.29, 1.82) is 0 Å². The molecule has 2 aromatic rings. The Morgan fingerprint density at radius 2 is 2.10 bits per heavy atom. The van der Waals surface area contributed by atoms with Crippen molar-refractivity contribution in [2.45, 2.75) is 18.2 Å². The second-order valence-electron chi connectivity index (χ2n) is 4.94. The van der Waals surface area contributed by atoms with Gasteiger partial charge < -0.3 is 5.32 Å². The summed E-state index contributed by atoms with van der Waals surface area (Å²) in [5.41, 5.74) is 2.07. The molecule has 1 aromatic carbocycles. The summed E-state index contributed by atoms with van der Waals surface area (Å²) < 4.78 is 28.7. The molecule has 0 spiro atoms. The van der Waals surface area contributed by atoms with Gasteiger partial charge in [0.25, 0.3) is 10.0 Å². The zero-order valence-electron chi connectivity index (χ0n) is 11.5. The third-order valence-corrected chi connectivity index (χ3v) is 4.61. The van der Waals surface area contributed by atoms with Gasteiger partial charge in [-0.3, -0.25) is 14.2 Å².